The number of anilines is 2. The fourth-order valence-electron chi connectivity index (χ4n) is 2.82. The molecule has 1 aliphatic rings. The van der Waals surface area contributed by atoms with Crippen LogP contribution < -0.4 is 10.2 Å². The summed E-state index contributed by atoms with van der Waals surface area (Å²) in [7, 11) is 0. The van der Waals surface area contributed by atoms with E-state index in [1.165, 1.54) is 18.2 Å². The van der Waals surface area contributed by atoms with Gasteiger partial charge >= 0.3 is 6.18 Å². The normalized spacial score (nSPS) is 17.3. The lowest BCUT2D eigenvalue weighted by molar-refractivity contribution is -0.137. The van der Waals surface area contributed by atoms with Gasteiger partial charge in [-0.15, -0.1) is 0 Å². The highest BCUT2D eigenvalue weighted by molar-refractivity contribution is 6.33. The average Bonchev–Trinajstić information content (AvgIpc) is 2.98. The maximum atomic E-state index is 13.9. The Kier molecular flexibility index (Phi) is 5.10. The predicted octanol–water partition coefficient (Wildman–Crippen LogP) is 4.49. The van der Waals surface area contributed by atoms with Crippen molar-refractivity contribution in [1.29, 1.82) is 0 Å². The minimum atomic E-state index is -4.59. The fraction of sp³-hybridized carbons (Fsp3) is 0.222. The summed E-state index contributed by atoms with van der Waals surface area (Å²) in [6, 6.07) is 8.20. The number of nitrogens with one attached hydrogen (secondary N) is 1. The Morgan fingerprint density at radius 1 is 1.19 bits per heavy atom. The maximum absolute atomic E-state index is 13.9. The van der Waals surface area contributed by atoms with Crippen LogP contribution >= 0.6 is 11.6 Å². The van der Waals surface area contributed by atoms with Gasteiger partial charge in [-0.3, -0.25) is 9.59 Å². The summed E-state index contributed by atoms with van der Waals surface area (Å²) >= 11 is 5.86. The number of alkyl halides is 3. The van der Waals surface area contributed by atoms with E-state index in [1.54, 1.807) is 6.07 Å². The number of carbonyl (C=O) groups is 2. The number of benzene rings is 2. The van der Waals surface area contributed by atoms with E-state index in [4.69, 9.17) is 11.6 Å². The molecule has 3 rings (SSSR count). The lowest BCUT2D eigenvalue weighted by Gasteiger charge is -2.17. The Hall–Kier alpha value is -2.61. The van der Waals surface area contributed by atoms with Crippen LogP contribution in [0, 0.1) is 11.7 Å². The second kappa shape index (κ2) is 7.19. The lowest BCUT2D eigenvalue weighted by Crippen LogP contribution is -2.28. The molecule has 1 atom stereocenters. The van der Waals surface area contributed by atoms with Gasteiger partial charge in [-0.25, -0.2) is 4.39 Å². The van der Waals surface area contributed by atoms with Gasteiger partial charge in [0.2, 0.25) is 11.8 Å². The Balaban J connectivity index is 1.76. The molecule has 1 fully saturated rings. The first-order valence-electron chi connectivity index (χ1n) is 7.89. The van der Waals surface area contributed by atoms with Crippen molar-refractivity contribution in [2.24, 2.45) is 5.92 Å². The summed E-state index contributed by atoms with van der Waals surface area (Å²) in [6.07, 6.45) is -4.77. The van der Waals surface area contributed by atoms with Crippen LogP contribution in [0.15, 0.2) is 42.5 Å². The monoisotopic (exact) mass is 400 g/mol. The number of nitrogens with zero attached hydrogens (tertiary/aromatic N) is 1. The first-order chi connectivity index (χ1) is 12.7. The molecule has 0 radical (unpaired) electrons. The number of para-hydroxylation sites is 1. The van der Waals surface area contributed by atoms with Gasteiger partial charge in [0.1, 0.15) is 5.82 Å². The third-order valence-corrected chi connectivity index (χ3v) is 4.52. The summed E-state index contributed by atoms with van der Waals surface area (Å²) in [6.45, 7) is -0.0812. The van der Waals surface area contributed by atoms with E-state index in [9.17, 15) is 27.2 Å². The van der Waals surface area contributed by atoms with Gasteiger partial charge < -0.3 is 10.2 Å². The first-order valence-corrected chi connectivity index (χ1v) is 8.27. The smallest absolute Gasteiger partial charge is 0.324 e. The van der Waals surface area contributed by atoms with Crippen molar-refractivity contribution in [3.63, 3.8) is 0 Å². The SMILES string of the molecule is O=C(Nc1cc(C(F)(F)F)ccc1Cl)C1CC(=O)N(c2ccccc2F)C1. The maximum Gasteiger partial charge on any atom is 0.416 e. The van der Waals surface area contributed by atoms with Crippen molar-refractivity contribution in [2.45, 2.75) is 12.6 Å². The molecular weight excluding hydrogens is 388 g/mol. The molecule has 0 bridgehead atoms. The van der Waals surface area contributed by atoms with Crippen LogP contribution in [0.1, 0.15) is 12.0 Å². The zero-order valence-electron chi connectivity index (χ0n) is 13.7. The van der Waals surface area contributed by atoms with Crippen molar-refractivity contribution < 1.29 is 27.2 Å². The molecule has 2 amide bonds. The number of amides is 2. The van der Waals surface area contributed by atoms with Crippen molar-refractivity contribution in [3.8, 4) is 0 Å². The Labute approximate surface area is 156 Å². The second-order valence-electron chi connectivity index (χ2n) is 6.04. The summed E-state index contributed by atoms with van der Waals surface area (Å²) in [5, 5.41) is 2.27. The number of halogens is 5. The lowest BCUT2D eigenvalue weighted by atomic mass is 10.1. The molecule has 0 spiro atoms. The second-order valence-corrected chi connectivity index (χ2v) is 6.45. The molecule has 1 N–H and O–H groups in total. The molecule has 2 aromatic rings. The minimum Gasteiger partial charge on any atom is -0.324 e. The fourth-order valence-corrected chi connectivity index (χ4v) is 2.98. The van der Waals surface area contributed by atoms with Gasteiger partial charge in [0.15, 0.2) is 0 Å². The van der Waals surface area contributed by atoms with E-state index in [-0.39, 0.29) is 29.4 Å². The number of hydrogen-bond acceptors (Lipinski definition) is 2. The number of hydrogen-bond donors (Lipinski definition) is 1. The number of carbonyl (C=O) groups excluding carboxylic acids is 2. The summed E-state index contributed by atoms with van der Waals surface area (Å²) < 4.78 is 52.4. The van der Waals surface area contributed by atoms with E-state index < -0.39 is 35.3 Å². The van der Waals surface area contributed by atoms with Gasteiger partial charge in [-0.2, -0.15) is 13.2 Å². The van der Waals surface area contributed by atoms with E-state index in [0.717, 1.165) is 23.1 Å². The molecule has 0 aromatic heterocycles. The van der Waals surface area contributed by atoms with Crippen molar-refractivity contribution in [3.05, 3.63) is 58.9 Å². The van der Waals surface area contributed by atoms with Crippen LogP contribution in [0.5, 0.6) is 0 Å². The first kappa shape index (κ1) is 19.2. The highest BCUT2D eigenvalue weighted by atomic mass is 35.5. The average molecular weight is 401 g/mol. The topological polar surface area (TPSA) is 49.4 Å². The molecule has 27 heavy (non-hydrogen) atoms. The van der Waals surface area contributed by atoms with Crippen molar-refractivity contribution in [2.75, 3.05) is 16.8 Å². The van der Waals surface area contributed by atoms with Gasteiger partial charge in [0.25, 0.3) is 0 Å². The molecule has 4 nitrogen and oxygen atoms in total. The molecule has 2 aromatic carbocycles. The minimum absolute atomic E-state index is 0.0508. The molecule has 9 heteroatoms. The Morgan fingerprint density at radius 3 is 2.56 bits per heavy atom. The van der Waals surface area contributed by atoms with Crippen LogP contribution in [-0.4, -0.2) is 18.4 Å². The highest BCUT2D eigenvalue weighted by Gasteiger charge is 2.37. The molecule has 1 aliphatic heterocycles. The third kappa shape index (κ3) is 4.05. The predicted molar refractivity (Wildman–Crippen MR) is 91.9 cm³/mol. The van der Waals surface area contributed by atoms with Crippen LogP contribution in [0.3, 0.4) is 0 Å². The van der Waals surface area contributed by atoms with E-state index in [0.29, 0.717) is 0 Å². The summed E-state index contributed by atoms with van der Waals surface area (Å²) in [5.41, 5.74) is -1.11. The quantitative estimate of drug-likeness (QED) is 0.772. The van der Waals surface area contributed by atoms with Crippen molar-refractivity contribution >= 4 is 34.8 Å². The standard InChI is InChI=1S/C18H13ClF4N2O2/c19-12-6-5-11(18(21,22)23)8-14(12)24-17(27)10-7-16(26)25(9-10)15-4-2-1-3-13(15)20/h1-6,8,10H,7,9H2,(H,24,27). The van der Waals surface area contributed by atoms with Gasteiger partial charge in [-0.1, -0.05) is 23.7 Å². The molecule has 1 heterocycles. The number of rotatable bonds is 3. The zero-order valence-corrected chi connectivity index (χ0v) is 14.4. The summed E-state index contributed by atoms with van der Waals surface area (Å²) in [4.78, 5) is 25.7. The Morgan fingerprint density at radius 2 is 1.89 bits per heavy atom. The van der Waals surface area contributed by atoms with Gasteiger partial charge in [-0.05, 0) is 30.3 Å². The molecule has 142 valence electrons. The van der Waals surface area contributed by atoms with E-state index >= 15 is 0 Å². The van der Waals surface area contributed by atoms with Crippen LogP contribution in [0.4, 0.5) is 28.9 Å². The van der Waals surface area contributed by atoms with Crippen LogP contribution in [-0.2, 0) is 15.8 Å². The van der Waals surface area contributed by atoms with Crippen LogP contribution in [0.2, 0.25) is 5.02 Å². The Bertz CT molecular complexity index is 901. The molecule has 0 saturated carbocycles. The van der Waals surface area contributed by atoms with Gasteiger partial charge in [0, 0.05) is 13.0 Å². The molecule has 1 unspecified atom stereocenters. The van der Waals surface area contributed by atoms with E-state index in [1.807, 2.05) is 0 Å². The molecular formula is C18H13ClF4N2O2. The summed E-state index contributed by atoms with van der Waals surface area (Å²) in [5.74, 6) is -2.56. The highest BCUT2D eigenvalue weighted by Crippen LogP contribution is 2.34. The zero-order chi connectivity index (χ0) is 19.8. The van der Waals surface area contributed by atoms with Gasteiger partial charge in [0.05, 0.1) is 27.9 Å². The third-order valence-electron chi connectivity index (χ3n) is 4.19. The largest absolute Gasteiger partial charge is 0.416 e. The molecule has 1 saturated heterocycles. The van der Waals surface area contributed by atoms with E-state index in [2.05, 4.69) is 5.32 Å². The van der Waals surface area contributed by atoms with Crippen LogP contribution in [0.25, 0.3) is 0 Å². The van der Waals surface area contributed by atoms with Crippen molar-refractivity contribution in [1.82, 2.24) is 0 Å². The molecule has 0 aliphatic carbocycles.